The molecule has 0 aliphatic rings. The van der Waals surface area contributed by atoms with E-state index in [9.17, 15) is 0 Å². The van der Waals surface area contributed by atoms with Crippen LogP contribution in [0.2, 0.25) is 0 Å². The molecule has 0 aliphatic heterocycles. The smallest absolute Gasteiger partial charge is 0.161 e. The van der Waals surface area contributed by atoms with Gasteiger partial charge in [-0.25, -0.2) is 0 Å². The summed E-state index contributed by atoms with van der Waals surface area (Å²) in [6, 6.07) is 14.1. The molecule has 0 saturated heterocycles. The summed E-state index contributed by atoms with van der Waals surface area (Å²) in [7, 11) is 1.66. The molecule has 0 atom stereocenters. The van der Waals surface area contributed by atoms with Crippen LogP contribution in [0.25, 0.3) is 0 Å². The molecule has 0 heterocycles. The summed E-state index contributed by atoms with van der Waals surface area (Å²) >= 11 is 3.42. The van der Waals surface area contributed by atoms with Crippen molar-refractivity contribution in [1.82, 2.24) is 0 Å². The zero-order valence-electron chi connectivity index (χ0n) is 11.7. The summed E-state index contributed by atoms with van der Waals surface area (Å²) in [4.78, 5) is 0. The minimum atomic E-state index is 0.632. The predicted octanol–water partition coefficient (Wildman–Crippen LogP) is 4.47. The van der Waals surface area contributed by atoms with Crippen LogP contribution in [-0.2, 0) is 6.54 Å². The Labute approximate surface area is 128 Å². The number of halogens is 1. The molecule has 2 aromatic carbocycles. The van der Waals surface area contributed by atoms with Crippen LogP contribution in [0, 0.1) is 0 Å². The molecular formula is C16H18BrNO2. The first-order chi connectivity index (χ1) is 9.72. The maximum atomic E-state index is 5.51. The Morgan fingerprint density at radius 2 is 1.80 bits per heavy atom. The lowest BCUT2D eigenvalue weighted by atomic mass is 10.2. The fourth-order valence-corrected chi connectivity index (χ4v) is 2.13. The Morgan fingerprint density at radius 3 is 2.45 bits per heavy atom. The van der Waals surface area contributed by atoms with Gasteiger partial charge in [-0.15, -0.1) is 0 Å². The molecule has 2 rings (SSSR count). The van der Waals surface area contributed by atoms with Gasteiger partial charge in [0.2, 0.25) is 0 Å². The van der Waals surface area contributed by atoms with Gasteiger partial charge in [0.05, 0.1) is 13.7 Å². The molecule has 2 aromatic rings. The van der Waals surface area contributed by atoms with Gasteiger partial charge in [0.15, 0.2) is 11.5 Å². The largest absolute Gasteiger partial charge is 0.493 e. The van der Waals surface area contributed by atoms with Crippen molar-refractivity contribution in [3.8, 4) is 11.5 Å². The second kappa shape index (κ2) is 7.20. The molecule has 106 valence electrons. The number of ether oxygens (including phenoxy) is 2. The highest BCUT2D eigenvalue weighted by molar-refractivity contribution is 9.10. The second-order valence-electron chi connectivity index (χ2n) is 4.28. The molecule has 0 amide bonds. The topological polar surface area (TPSA) is 30.5 Å². The molecule has 0 unspecified atom stereocenters. The van der Waals surface area contributed by atoms with Crippen molar-refractivity contribution in [3.63, 3.8) is 0 Å². The molecule has 0 bridgehead atoms. The van der Waals surface area contributed by atoms with Gasteiger partial charge in [-0.05, 0) is 48.9 Å². The minimum absolute atomic E-state index is 0.632. The molecule has 0 aromatic heterocycles. The van der Waals surface area contributed by atoms with E-state index in [1.807, 2.05) is 49.4 Å². The molecule has 4 heteroatoms. The van der Waals surface area contributed by atoms with Crippen LogP contribution >= 0.6 is 15.9 Å². The predicted molar refractivity (Wildman–Crippen MR) is 85.6 cm³/mol. The van der Waals surface area contributed by atoms with Crippen molar-refractivity contribution >= 4 is 21.6 Å². The Kier molecular flexibility index (Phi) is 5.30. The van der Waals surface area contributed by atoms with Crippen LogP contribution < -0.4 is 14.8 Å². The Morgan fingerprint density at radius 1 is 1.05 bits per heavy atom. The molecular weight excluding hydrogens is 318 g/mol. The fraction of sp³-hybridized carbons (Fsp3) is 0.250. The molecule has 0 radical (unpaired) electrons. The second-order valence-corrected chi connectivity index (χ2v) is 5.19. The third-order valence-corrected chi connectivity index (χ3v) is 3.40. The average Bonchev–Trinajstić information content (AvgIpc) is 2.48. The molecule has 0 aliphatic carbocycles. The Hall–Kier alpha value is -1.68. The number of benzene rings is 2. The molecule has 0 fully saturated rings. The lowest BCUT2D eigenvalue weighted by Crippen LogP contribution is -2.01. The first kappa shape index (κ1) is 14.7. The standard InChI is InChI=1S/C16H18BrNO2/c1-3-20-15-9-4-12(10-16(15)19-2)11-18-14-7-5-13(17)6-8-14/h4-10,18H,3,11H2,1-2H3. The average molecular weight is 336 g/mol. The monoisotopic (exact) mass is 335 g/mol. The van der Waals surface area contributed by atoms with Crippen molar-refractivity contribution in [1.29, 1.82) is 0 Å². The minimum Gasteiger partial charge on any atom is -0.493 e. The van der Waals surface area contributed by atoms with Crippen molar-refractivity contribution in [3.05, 3.63) is 52.5 Å². The van der Waals surface area contributed by atoms with Crippen molar-refractivity contribution in [2.24, 2.45) is 0 Å². The van der Waals surface area contributed by atoms with E-state index in [1.165, 1.54) is 0 Å². The van der Waals surface area contributed by atoms with E-state index in [2.05, 4.69) is 21.2 Å². The molecule has 3 nitrogen and oxygen atoms in total. The van der Waals surface area contributed by atoms with E-state index in [4.69, 9.17) is 9.47 Å². The highest BCUT2D eigenvalue weighted by Crippen LogP contribution is 2.28. The molecule has 1 N–H and O–H groups in total. The zero-order chi connectivity index (χ0) is 14.4. The van der Waals surface area contributed by atoms with Crippen molar-refractivity contribution in [2.45, 2.75) is 13.5 Å². The van der Waals surface area contributed by atoms with Crippen LogP contribution in [0.5, 0.6) is 11.5 Å². The number of nitrogens with one attached hydrogen (secondary N) is 1. The van der Waals surface area contributed by atoms with Crippen LogP contribution in [0.3, 0.4) is 0 Å². The van der Waals surface area contributed by atoms with Crippen LogP contribution in [0.1, 0.15) is 12.5 Å². The van der Waals surface area contributed by atoms with E-state index < -0.39 is 0 Å². The Bertz CT molecular complexity index is 555. The number of anilines is 1. The molecule has 0 spiro atoms. The van der Waals surface area contributed by atoms with Gasteiger partial charge in [0.25, 0.3) is 0 Å². The SMILES string of the molecule is CCOc1ccc(CNc2ccc(Br)cc2)cc1OC. The molecule has 0 saturated carbocycles. The first-order valence-corrected chi connectivity index (χ1v) is 7.31. The summed E-state index contributed by atoms with van der Waals surface area (Å²) in [5.74, 6) is 1.55. The van der Waals surface area contributed by atoms with E-state index in [-0.39, 0.29) is 0 Å². The molecule has 20 heavy (non-hydrogen) atoms. The van der Waals surface area contributed by atoms with E-state index in [0.717, 1.165) is 33.8 Å². The van der Waals surface area contributed by atoms with Crippen LogP contribution in [0.15, 0.2) is 46.9 Å². The lowest BCUT2D eigenvalue weighted by Gasteiger charge is -2.12. The summed E-state index contributed by atoms with van der Waals surface area (Å²) in [5, 5.41) is 3.37. The normalized spacial score (nSPS) is 10.2. The summed E-state index contributed by atoms with van der Waals surface area (Å²) in [6.45, 7) is 3.33. The number of methoxy groups -OCH3 is 1. The lowest BCUT2D eigenvalue weighted by molar-refractivity contribution is 0.310. The summed E-state index contributed by atoms with van der Waals surface area (Å²) < 4.78 is 11.9. The fourth-order valence-electron chi connectivity index (χ4n) is 1.87. The third-order valence-electron chi connectivity index (χ3n) is 2.87. The third kappa shape index (κ3) is 3.90. The van der Waals surface area contributed by atoms with Gasteiger partial charge >= 0.3 is 0 Å². The van der Waals surface area contributed by atoms with Crippen LogP contribution in [0.4, 0.5) is 5.69 Å². The van der Waals surface area contributed by atoms with E-state index >= 15 is 0 Å². The van der Waals surface area contributed by atoms with Crippen molar-refractivity contribution in [2.75, 3.05) is 19.0 Å². The van der Waals surface area contributed by atoms with Gasteiger partial charge in [0, 0.05) is 16.7 Å². The quantitative estimate of drug-likeness (QED) is 0.844. The highest BCUT2D eigenvalue weighted by Gasteiger charge is 2.05. The maximum Gasteiger partial charge on any atom is 0.161 e. The van der Waals surface area contributed by atoms with Crippen LogP contribution in [-0.4, -0.2) is 13.7 Å². The number of hydrogen-bond acceptors (Lipinski definition) is 3. The zero-order valence-corrected chi connectivity index (χ0v) is 13.2. The van der Waals surface area contributed by atoms with Gasteiger partial charge in [-0.3, -0.25) is 0 Å². The van der Waals surface area contributed by atoms with Gasteiger partial charge in [-0.2, -0.15) is 0 Å². The maximum absolute atomic E-state index is 5.51. The summed E-state index contributed by atoms with van der Waals surface area (Å²) in [5.41, 5.74) is 2.23. The Balaban J connectivity index is 2.04. The first-order valence-electron chi connectivity index (χ1n) is 6.52. The van der Waals surface area contributed by atoms with Crippen molar-refractivity contribution < 1.29 is 9.47 Å². The van der Waals surface area contributed by atoms with Gasteiger partial charge < -0.3 is 14.8 Å². The van der Waals surface area contributed by atoms with Gasteiger partial charge in [0.1, 0.15) is 0 Å². The van der Waals surface area contributed by atoms with E-state index in [0.29, 0.717) is 6.61 Å². The summed E-state index contributed by atoms with van der Waals surface area (Å²) in [6.07, 6.45) is 0. The van der Waals surface area contributed by atoms with E-state index in [1.54, 1.807) is 7.11 Å². The number of hydrogen-bond donors (Lipinski definition) is 1. The number of rotatable bonds is 6. The highest BCUT2D eigenvalue weighted by atomic mass is 79.9. The van der Waals surface area contributed by atoms with Gasteiger partial charge in [-0.1, -0.05) is 22.0 Å².